The van der Waals surface area contributed by atoms with E-state index in [0.29, 0.717) is 22.5 Å². The molecule has 3 N–H and O–H groups in total. The van der Waals surface area contributed by atoms with Gasteiger partial charge >= 0.3 is 0 Å². The van der Waals surface area contributed by atoms with Crippen LogP contribution in [0.5, 0.6) is 0 Å². The van der Waals surface area contributed by atoms with E-state index in [4.69, 9.17) is 11.6 Å². The van der Waals surface area contributed by atoms with E-state index in [-0.39, 0.29) is 11.8 Å². The fourth-order valence-electron chi connectivity index (χ4n) is 3.40. The smallest absolute Gasteiger partial charge is 0.229 e. The third kappa shape index (κ3) is 5.29. The Balaban J connectivity index is 1.49. The molecule has 7 nitrogen and oxygen atoms in total. The Hall–Kier alpha value is -3.32. The van der Waals surface area contributed by atoms with E-state index in [1.807, 2.05) is 36.4 Å². The molecule has 32 heavy (non-hydrogen) atoms. The topological polar surface area (TPSA) is 82.2 Å². The third-order valence-electron chi connectivity index (χ3n) is 5.38. The highest BCUT2D eigenvalue weighted by molar-refractivity contribution is 6.33. The highest BCUT2D eigenvalue weighted by Crippen LogP contribution is 2.33. The zero-order valence-corrected chi connectivity index (χ0v) is 19.0. The van der Waals surface area contributed by atoms with Crippen LogP contribution in [0.25, 0.3) is 0 Å². The molecule has 0 unspecified atom stereocenters. The lowest BCUT2D eigenvalue weighted by Crippen LogP contribution is -2.21. The second-order valence-corrected chi connectivity index (χ2v) is 8.08. The summed E-state index contributed by atoms with van der Waals surface area (Å²) in [5, 5.41) is 9.81. The van der Waals surface area contributed by atoms with E-state index in [0.717, 1.165) is 37.3 Å². The predicted octanol–water partition coefficient (Wildman–Crippen LogP) is 5.81. The van der Waals surface area contributed by atoms with Crippen LogP contribution in [0.15, 0.2) is 54.7 Å². The number of halogens is 1. The molecule has 0 atom stereocenters. The molecule has 1 fully saturated rings. The van der Waals surface area contributed by atoms with Crippen molar-refractivity contribution in [1.82, 2.24) is 9.97 Å². The maximum absolute atomic E-state index is 12.2. The molecule has 166 valence electrons. The van der Waals surface area contributed by atoms with E-state index in [1.54, 1.807) is 6.20 Å². The number of anilines is 6. The SMILES string of the molecule is CCN(CC)c1ccc(Nc2ncc(Cl)c(Nc3ccccc3NC(=O)C3CC3)n2)cc1. The van der Waals surface area contributed by atoms with Crippen LogP contribution < -0.4 is 20.9 Å². The van der Waals surface area contributed by atoms with E-state index in [1.165, 1.54) is 5.69 Å². The van der Waals surface area contributed by atoms with Crippen LogP contribution in [0.3, 0.4) is 0 Å². The van der Waals surface area contributed by atoms with Crippen molar-refractivity contribution in [3.05, 3.63) is 59.8 Å². The first-order valence-electron chi connectivity index (χ1n) is 10.9. The molecular formula is C24H27ClN6O. The molecule has 3 aromatic rings. The minimum atomic E-state index is 0.0450. The summed E-state index contributed by atoms with van der Waals surface area (Å²) in [4.78, 5) is 23.3. The van der Waals surface area contributed by atoms with Gasteiger partial charge in [-0.1, -0.05) is 23.7 Å². The number of carbonyl (C=O) groups is 1. The summed E-state index contributed by atoms with van der Waals surface area (Å²) in [6.45, 7) is 6.20. The Bertz CT molecular complexity index is 1080. The van der Waals surface area contributed by atoms with Crippen molar-refractivity contribution in [2.75, 3.05) is 33.9 Å². The van der Waals surface area contributed by atoms with Crippen LogP contribution in [-0.4, -0.2) is 29.0 Å². The minimum Gasteiger partial charge on any atom is -0.372 e. The Kier molecular flexibility index (Phi) is 6.75. The van der Waals surface area contributed by atoms with Crippen LogP contribution in [0, 0.1) is 5.92 Å². The van der Waals surface area contributed by atoms with Crippen molar-refractivity contribution in [3.63, 3.8) is 0 Å². The number of nitrogens with zero attached hydrogens (tertiary/aromatic N) is 3. The highest BCUT2D eigenvalue weighted by atomic mass is 35.5. The molecule has 1 heterocycles. The number of hydrogen-bond donors (Lipinski definition) is 3. The molecule has 2 aromatic carbocycles. The molecule has 1 aromatic heterocycles. The quantitative estimate of drug-likeness (QED) is 0.381. The summed E-state index contributed by atoms with van der Waals surface area (Å²) in [5.74, 6) is 1.04. The standard InChI is InChI=1S/C24H27ClN6O/c1-3-31(4-2)18-13-11-17(12-14-18)27-24-26-15-19(25)22(30-24)28-20-7-5-6-8-21(20)29-23(32)16-9-10-16/h5-8,11-16H,3-4,9-10H2,1-2H3,(H,29,32)(H2,26,27,28,30). The van der Waals surface area contributed by atoms with Crippen LogP contribution in [0.2, 0.25) is 5.02 Å². The van der Waals surface area contributed by atoms with Gasteiger partial charge in [0.25, 0.3) is 0 Å². The van der Waals surface area contributed by atoms with Crippen LogP contribution in [-0.2, 0) is 4.79 Å². The van der Waals surface area contributed by atoms with Gasteiger partial charge in [0.1, 0.15) is 5.02 Å². The fraction of sp³-hybridized carbons (Fsp3) is 0.292. The molecule has 1 amide bonds. The number of carbonyl (C=O) groups excluding carboxylic acids is 1. The normalized spacial score (nSPS) is 12.8. The van der Waals surface area contributed by atoms with Crippen LogP contribution in [0.1, 0.15) is 26.7 Å². The van der Waals surface area contributed by atoms with E-state index in [9.17, 15) is 4.79 Å². The number of nitrogens with one attached hydrogen (secondary N) is 3. The van der Waals surface area contributed by atoms with Gasteiger partial charge in [0.15, 0.2) is 5.82 Å². The zero-order valence-electron chi connectivity index (χ0n) is 18.2. The summed E-state index contributed by atoms with van der Waals surface area (Å²) in [7, 11) is 0. The average molecular weight is 451 g/mol. The van der Waals surface area contributed by atoms with Crippen molar-refractivity contribution < 1.29 is 4.79 Å². The van der Waals surface area contributed by atoms with Gasteiger partial charge < -0.3 is 20.9 Å². The zero-order chi connectivity index (χ0) is 22.5. The Morgan fingerprint density at radius 3 is 2.38 bits per heavy atom. The Morgan fingerprint density at radius 2 is 1.72 bits per heavy atom. The number of para-hydroxylation sites is 2. The van der Waals surface area contributed by atoms with Gasteiger partial charge in [0, 0.05) is 30.4 Å². The Labute approximate surface area is 193 Å². The second kappa shape index (κ2) is 9.87. The minimum absolute atomic E-state index is 0.0450. The first-order valence-corrected chi connectivity index (χ1v) is 11.3. The molecule has 1 aliphatic rings. The third-order valence-corrected chi connectivity index (χ3v) is 5.66. The van der Waals surface area contributed by atoms with Crippen molar-refractivity contribution in [1.29, 1.82) is 0 Å². The summed E-state index contributed by atoms with van der Waals surface area (Å²) < 4.78 is 0. The maximum Gasteiger partial charge on any atom is 0.229 e. The monoisotopic (exact) mass is 450 g/mol. The number of hydrogen-bond acceptors (Lipinski definition) is 6. The second-order valence-electron chi connectivity index (χ2n) is 7.67. The van der Waals surface area contributed by atoms with Crippen molar-refractivity contribution >= 4 is 52.0 Å². The van der Waals surface area contributed by atoms with Gasteiger partial charge in [-0.05, 0) is 63.1 Å². The Morgan fingerprint density at radius 1 is 1.03 bits per heavy atom. The lowest BCUT2D eigenvalue weighted by molar-refractivity contribution is -0.117. The number of amides is 1. The fourth-order valence-corrected chi connectivity index (χ4v) is 3.54. The molecule has 1 saturated carbocycles. The maximum atomic E-state index is 12.2. The molecule has 4 rings (SSSR count). The first-order chi connectivity index (χ1) is 15.6. The summed E-state index contributed by atoms with van der Waals surface area (Å²) >= 11 is 6.35. The van der Waals surface area contributed by atoms with Gasteiger partial charge in [-0.2, -0.15) is 4.98 Å². The van der Waals surface area contributed by atoms with Gasteiger partial charge in [-0.25, -0.2) is 4.98 Å². The molecular weight excluding hydrogens is 424 g/mol. The van der Waals surface area contributed by atoms with E-state index in [2.05, 4.69) is 56.8 Å². The summed E-state index contributed by atoms with van der Waals surface area (Å²) in [5.41, 5.74) is 3.47. The van der Waals surface area contributed by atoms with Crippen molar-refractivity contribution in [3.8, 4) is 0 Å². The lowest BCUT2D eigenvalue weighted by atomic mass is 10.2. The van der Waals surface area contributed by atoms with Gasteiger partial charge in [0.2, 0.25) is 11.9 Å². The van der Waals surface area contributed by atoms with Crippen molar-refractivity contribution in [2.45, 2.75) is 26.7 Å². The van der Waals surface area contributed by atoms with Gasteiger partial charge in [-0.3, -0.25) is 4.79 Å². The predicted molar refractivity (Wildman–Crippen MR) is 131 cm³/mol. The van der Waals surface area contributed by atoms with Gasteiger partial charge in [0.05, 0.1) is 17.6 Å². The van der Waals surface area contributed by atoms with E-state index >= 15 is 0 Å². The van der Waals surface area contributed by atoms with Gasteiger partial charge in [-0.15, -0.1) is 0 Å². The number of benzene rings is 2. The largest absolute Gasteiger partial charge is 0.372 e. The molecule has 0 bridgehead atoms. The van der Waals surface area contributed by atoms with Crippen molar-refractivity contribution in [2.24, 2.45) is 5.92 Å². The molecule has 1 aliphatic carbocycles. The molecule has 0 spiro atoms. The average Bonchev–Trinajstić information content (AvgIpc) is 3.65. The molecule has 0 saturated heterocycles. The van der Waals surface area contributed by atoms with Crippen LogP contribution >= 0.6 is 11.6 Å². The van der Waals surface area contributed by atoms with E-state index < -0.39 is 0 Å². The highest BCUT2D eigenvalue weighted by Gasteiger charge is 2.30. The molecule has 0 aliphatic heterocycles. The summed E-state index contributed by atoms with van der Waals surface area (Å²) in [6, 6.07) is 15.6. The molecule has 0 radical (unpaired) electrons. The first kappa shape index (κ1) is 21.9. The van der Waals surface area contributed by atoms with Crippen LogP contribution in [0.4, 0.5) is 34.5 Å². The number of aromatic nitrogens is 2. The lowest BCUT2D eigenvalue weighted by Gasteiger charge is -2.21. The number of rotatable bonds is 9. The summed E-state index contributed by atoms with van der Waals surface area (Å²) in [6.07, 6.45) is 3.45. The molecule has 8 heteroatoms.